The maximum absolute atomic E-state index is 12.7. The highest BCUT2D eigenvalue weighted by Crippen LogP contribution is 2.26. The van der Waals surface area contributed by atoms with Crippen molar-refractivity contribution in [2.75, 3.05) is 39.8 Å². The number of likely N-dealkylation sites (tertiary alicyclic amines) is 2. The highest BCUT2D eigenvalue weighted by molar-refractivity contribution is 14.0. The van der Waals surface area contributed by atoms with Crippen LogP contribution in [0.2, 0.25) is 0 Å². The normalized spacial score (nSPS) is 27.4. The van der Waals surface area contributed by atoms with Crippen LogP contribution in [0.4, 0.5) is 0 Å². The van der Waals surface area contributed by atoms with Gasteiger partial charge in [0.05, 0.1) is 0 Å². The van der Waals surface area contributed by atoms with E-state index in [0.717, 1.165) is 51.4 Å². The molecule has 1 saturated carbocycles. The van der Waals surface area contributed by atoms with Crippen molar-refractivity contribution in [3.8, 4) is 0 Å². The van der Waals surface area contributed by atoms with Crippen molar-refractivity contribution in [1.82, 2.24) is 20.4 Å². The van der Waals surface area contributed by atoms with Gasteiger partial charge >= 0.3 is 0 Å². The molecule has 2 aliphatic heterocycles. The maximum Gasteiger partial charge on any atom is 0.225 e. The average Bonchev–Trinajstić information content (AvgIpc) is 3.17. The number of nitrogens with one attached hydrogen (secondary N) is 2. The van der Waals surface area contributed by atoms with Gasteiger partial charge in [-0.1, -0.05) is 25.7 Å². The number of carbonyl (C=O) groups is 1. The van der Waals surface area contributed by atoms with Crippen molar-refractivity contribution in [2.45, 2.75) is 76.8 Å². The molecule has 2 N–H and O–H groups in total. The minimum absolute atomic E-state index is 0. The van der Waals surface area contributed by atoms with Crippen LogP contribution < -0.4 is 10.6 Å². The Balaban J connectivity index is 0.00000280. The summed E-state index contributed by atoms with van der Waals surface area (Å²) in [6.07, 6.45) is 10.9. The number of piperidine rings is 1. The minimum atomic E-state index is 0. The van der Waals surface area contributed by atoms with E-state index in [4.69, 9.17) is 0 Å². The third-order valence-corrected chi connectivity index (χ3v) is 6.65. The van der Waals surface area contributed by atoms with Crippen molar-refractivity contribution in [3.63, 3.8) is 0 Å². The van der Waals surface area contributed by atoms with Gasteiger partial charge in [0, 0.05) is 51.2 Å². The molecule has 28 heavy (non-hydrogen) atoms. The number of rotatable bonds is 5. The summed E-state index contributed by atoms with van der Waals surface area (Å²) < 4.78 is 0. The molecule has 3 aliphatic rings. The lowest BCUT2D eigenvalue weighted by Crippen LogP contribution is -2.48. The third kappa shape index (κ3) is 6.75. The van der Waals surface area contributed by atoms with E-state index in [2.05, 4.69) is 32.3 Å². The molecule has 7 heteroatoms. The van der Waals surface area contributed by atoms with Crippen LogP contribution in [0.3, 0.4) is 0 Å². The summed E-state index contributed by atoms with van der Waals surface area (Å²) >= 11 is 0. The van der Waals surface area contributed by atoms with Gasteiger partial charge in [0.1, 0.15) is 0 Å². The molecular formula is C21H40IN5O. The van der Waals surface area contributed by atoms with Crippen molar-refractivity contribution in [2.24, 2.45) is 10.9 Å². The van der Waals surface area contributed by atoms with E-state index in [0.29, 0.717) is 18.0 Å². The summed E-state index contributed by atoms with van der Waals surface area (Å²) in [7, 11) is 1.83. The molecule has 2 heterocycles. The largest absolute Gasteiger partial charge is 0.355 e. The highest BCUT2D eigenvalue weighted by atomic mass is 127. The van der Waals surface area contributed by atoms with Gasteiger partial charge < -0.3 is 15.5 Å². The Morgan fingerprint density at radius 3 is 2.50 bits per heavy atom. The predicted molar refractivity (Wildman–Crippen MR) is 126 cm³/mol. The SMILES string of the molecule is CN=C(NCCN1CCCCC1C)NC1CCN(C(=O)C2CCCCC2)C1.I. The van der Waals surface area contributed by atoms with E-state index in [1.807, 2.05) is 7.05 Å². The number of carbonyl (C=O) groups excluding carboxylic acids is 1. The van der Waals surface area contributed by atoms with Crippen molar-refractivity contribution >= 4 is 35.8 Å². The second kappa shape index (κ2) is 12.2. The topological polar surface area (TPSA) is 60.0 Å². The van der Waals surface area contributed by atoms with E-state index in [9.17, 15) is 4.79 Å². The molecule has 0 aromatic rings. The zero-order valence-electron chi connectivity index (χ0n) is 17.8. The first-order chi connectivity index (χ1) is 13.2. The molecule has 1 amide bonds. The Kier molecular flexibility index (Phi) is 10.3. The zero-order valence-corrected chi connectivity index (χ0v) is 20.1. The van der Waals surface area contributed by atoms with Crippen molar-refractivity contribution in [1.29, 1.82) is 0 Å². The molecule has 2 saturated heterocycles. The van der Waals surface area contributed by atoms with E-state index in [1.54, 1.807) is 0 Å². The van der Waals surface area contributed by atoms with E-state index < -0.39 is 0 Å². The lowest BCUT2D eigenvalue weighted by molar-refractivity contribution is -0.135. The molecule has 2 unspecified atom stereocenters. The summed E-state index contributed by atoms with van der Waals surface area (Å²) in [6, 6.07) is 1.02. The molecule has 1 aliphatic carbocycles. The van der Waals surface area contributed by atoms with E-state index in [1.165, 1.54) is 45.1 Å². The molecule has 0 aromatic heterocycles. The molecule has 3 fully saturated rings. The van der Waals surface area contributed by atoms with Gasteiger partial charge in [-0.15, -0.1) is 24.0 Å². The van der Waals surface area contributed by atoms with Gasteiger partial charge in [-0.25, -0.2) is 0 Å². The number of nitrogens with zero attached hydrogens (tertiary/aromatic N) is 3. The summed E-state index contributed by atoms with van der Waals surface area (Å²) in [4.78, 5) is 21.8. The molecule has 2 atom stereocenters. The summed E-state index contributed by atoms with van der Waals surface area (Å²) in [6.45, 7) is 7.24. The van der Waals surface area contributed by atoms with Crippen LogP contribution in [0.15, 0.2) is 4.99 Å². The second-order valence-electron chi connectivity index (χ2n) is 8.63. The van der Waals surface area contributed by atoms with Gasteiger partial charge in [0.15, 0.2) is 5.96 Å². The van der Waals surface area contributed by atoms with Crippen LogP contribution in [-0.2, 0) is 4.79 Å². The molecule has 0 aromatic carbocycles. The number of hydrogen-bond donors (Lipinski definition) is 2. The Bertz CT molecular complexity index is 509. The Morgan fingerprint density at radius 2 is 1.79 bits per heavy atom. The van der Waals surface area contributed by atoms with Crippen LogP contribution in [-0.4, -0.2) is 73.5 Å². The number of hydrogen-bond acceptors (Lipinski definition) is 3. The summed E-state index contributed by atoms with van der Waals surface area (Å²) in [5, 5.41) is 6.99. The van der Waals surface area contributed by atoms with E-state index >= 15 is 0 Å². The van der Waals surface area contributed by atoms with Crippen molar-refractivity contribution in [3.05, 3.63) is 0 Å². The Labute approximate surface area is 188 Å². The van der Waals surface area contributed by atoms with Gasteiger partial charge in [-0.2, -0.15) is 0 Å². The lowest BCUT2D eigenvalue weighted by Gasteiger charge is -2.33. The van der Waals surface area contributed by atoms with Crippen LogP contribution in [0.25, 0.3) is 0 Å². The summed E-state index contributed by atoms with van der Waals surface area (Å²) in [5.41, 5.74) is 0. The first-order valence-electron chi connectivity index (χ1n) is 11.2. The second-order valence-corrected chi connectivity index (χ2v) is 8.63. The highest BCUT2D eigenvalue weighted by Gasteiger charge is 2.31. The van der Waals surface area contributed by atoms with Crippen LogP contribution in [0.5, 0.6) is 0 Å². The fourth-order valence-corrected chi connectivity index (χ4v) is 4.88. The molecule has 0 bridgehead atoms. The quantitative estimate of drug-likeness (QED) is 0.343. The van der Waals surface area contributed by atoms with Gasteiger partial charge in [0.25, 0.3) is 0 Å². The monoisotopic (exact) mass is 505 g/mol. The molecule has 6 nitrogen and oxygen atoms in total. The zero-order chi connectivity index (χ0) is 19.1. The fourth-order valence-electron chi connectivity index (χ4n) is 4.88. The average molecular weight is 505 g/mol. The van der Waals surface area contributed by atoms with E-state index in [-0.39, 0.29) is 29.9 Å². The molecule has 3 rings (SSSR count). The van der Waals surface area contributed by atoms with Gasteiger partial charge in [-0.3, -0.25) is 14.7 Å². The number of aliphatic imine (C=N–C) groups is 1. The Morgan fingerprint density at radius 1 is 1.04 bits per heavy atom. The Hall–Kier alpha value is -0.570. The number of guanidine groups is 1. The third-order valence-electron chi connectivity index (χ3n) is 6.65. The fraction of sp³-hybridized carbons (Fsp3) is 0.905. The predicted octanol–water partition coefficient (Wildman–Crippen LogP) is 2.83. The van der Waals surface area contributed by atoms with Crippen LogP contribution >= 0.6 is 24.0 Å². The smallest absolute Gasteiger partial charge is 0.225 e. The van der Waals surface area contributed by atoms with Crippen LogP contribution in [0, 0.1) is 5.92 Å². The number of halogens is 1. The summed E-state index contributed by atoms with van der Waals surface area (Å²) in [5.74, 6) is 1.54. The standard InChI is InChI=1S/C21H39N5O.HI/c1-17-8-6-7-13-25(17)15-12-23-21(22-2)24-19-11-14-26(16-19)20(27)18-9-4-3-5-10-18;/h17-19H,3-16H2,1-2H3,(H2,22,23,24);1H. The van der Waals surface area contributed by atoms with Crippen LogP contribution in [0.1, 0.15) is 64.7 Å². The van der Waals surface area contributed by atoms with Gasteiger partial charge in [0.2, 0.25) is 5.91 Å². The molecule has 0 radical (unpaired) electrons. The molecular weight excluding hydrogens is 465 g/mol. The maximum atomic E-state index is 12.7. The molecule has 0 spiro atoms. The minimum Gasteiger partial charge on any atom is -0.355 e. The first kappa shape index (κ1) is 23.7. The van der Waals surface area contributed by atoms with Gasteiger partial charge in [-0.05, 0) is 45.6 Å². The first-order valence-corrected chi connectivity index (χ1v) is 11.2. The van der Waals surface area contributed by atoms with Crippen molar-refractivity contribution < 1.29 is 4.79 Å². The molecule has 162 valence electrons. The number of amides is 1. The lowest BCUT2D eigenvalue weighted by atomic mass is 9.88.